The number of thiophene rings is 1. The Balaban J connectivity index is 2.40. The highest BCUT2D eigenvalue weighted by Crippen LogP contribution is 2.34. The molecule has 0 aliphatic heterocycles. The molecule has 0 bridgehead atoms. The van der Waals surface area contributed by atoms with Crippen molar-refractivity contribution in [1.82, 2.24) is 5.32 Å². The molecular weight excluding hydrogens is 258 g/mol. The zero-order valence-corrected chi connectivity index (χ0v) is 12.8. The first-order valence-electron chi connectivity index (χ1n) is 6.46. The van der Waals surface area contributed by atoms with Crippen LogP contribution in [0.3, 0.4) is 0 Å². The van der Waals surface area contributed by atoms with Crippen LogP contribution >= 0.6 is 11.3 Å². The number of rotatable bonds is 6. The predicted octanol–water partition coefficient (Wildman–Crippen LogP) is 3.55. The maximum Gasteiger partial charge on any atom is 0.120 e. The highest BCUT2D eigenvalue weighted by Gasteiger charge is 2.12. The van der Waals surface area contributed by atoms with E-state index in [4.69, 9.17) is 9.47 Å². The number of methoxy groups -OCH3 is 2. The average molecular weight is 279 g/mol. The molecule has 2 aromatic rings. The second kappa shape index (κ2) is 6.37. The largest absolute Gasteiger partial charge is 0.497 e. The molecule has 0 radical (unpaired) electrons. The van der Waals surface area contributed by atoms with E-state index < -0.39 is 0 Å². The quantitative estimate of drug-likeness (QED) is 0.877. The minimum Gasteiger partial charge on any atom is -0.497 e. The molecule has 1 aromatic carbocycles. The monoisotopic (exact) mass is 279 g/mol. The van der Waals surface area contributed by atoms with Crippen LogP contribution in [0.4, 0.5) is 0 Å². The van der Waals surface area contributed by atoms with E-state index in [1.165, 1.54) is 20.5 Å². The Bertz CT molecular complexity index is 548. The first-order valence-corrected chi connectivity index (χ1v) is 7.28. The van der Waals surface area contributed by atoms with Gasteiger partial charge < -0.3 is 14.8 Å². The Morgan fingerprint density at radius 2 is 2.05 bits per heavy atom. The van der Waals surface area contributed by atoms with Gasteiger partial charge in [-0.25, -0.2) is 0 Å². The number of ether oxygens (including phenoxy) is 2. The Morgan fingerprint density at radius 3 is 2.68 bits per heavy atom. The van der Waals surface area contributed by atoms with Crippen LogP contribution in [0.1, 0.15) is 24.3 Å². The number of nitrogens with one attached hydrogen (secondary N) is 1. The molecule has 0 unspecified atom stereocenters. The Morgan fingerprint density at radius 1 is 1.26 bits per heavy atom. The molecule has 0 atom stereocenters. The molecular formula is C15H21NO2S. The van der Waals surface area contributed by atoms with Crippen molar-refractivity contribution in [3.8, 4) is 5.75 Å². The van der Waals surface area contributed by atoms with Gasteiger partial charge in [0.05, 0.1) is 13.7 Å². The lowest BCUT2D eigenvalue weighted by atomic mass is 10.1. The SMILES string of the molecule is COCc1c(CNC(C)C)sc2cc(OC)ccc12. The molecule has 0 amide bonds. The molecule has 0 aliphatic carbocycles. The smallest absolute Gasteiger partial charge is 0.120 e. The van der Waals surface area contributed by atoms with Crippen LogP contribution in [0.5, 0.6) is 5.75 Å². The van der Waals surface area contributed by atoms with Crippen LogP contribution in [-0.4, -0.2) is 20.3 Å². The third-order valence-electron chi connectivity index (χ3n) is 3.04. The number of hydrogen-bond acceptors (Lipinski definition) is 4. The Kier molecular flexibility index (Phi) is 4.80. The fourth-order valence-corrected chi connectivity index (χ4v) is 3.24. The minimum absolute atomic E-state index is 0.482. The summed E-state index contributed by atoms with van der Waals surface area (Å²) in [5, 5.41) is 4.75. The fraction of sp³-hybridized carbons (Fsp3) is 0.467. The molecule has 1 aromatic heterocycles. The normalized spacial score (nSPS) is 11.4. The third kappa shape index (κ3) is 3.26. The van der Waals surface area contributed by atoms with E-state index in [0.717, 1.165) is 12.3 Å². The van der Waals surface area contributed by atoms with Gasteiger partial charge in [-0.3, -0.25) is 0 Å². The number of fused-ring (bicyclic) bond motifs is 1. The molecule has 104 valence electrons. The van der Waals surface area contributed by atoms with E-state index in [1.54, 1.807) is 14.2 Å². The molecule has 0 fully saturated rings. The van der Waals surface area contributed by atoms with E-state index in [2.05, 4.69) is 31.3 Å². The van der Waals surface area contributed by atoms with Crippen molar-refractivity contribution in [3.63, 3.8) is 0 Å². The second-order valence-corrected chi connectivity index (χ2v) is 5.97. The van der Waals surface area contributed by atoms with Crippen LogP contribution in [0.25, 0.3) is 10.1 Å². The third-order valence-corrected chi connectivity index (χ3v) is 4.24. The molecule has 3 nitrogen and oxygen atoms in total. The van der Waals surface area contributed by atoms with Gasteiger partial charge in [0.1, 0.15) is 5.75 Å². The highest BCUT2D eigenvalue weighted by molar-refractivity contribution is 7.19. The molecule has 1 heterocycles. The lowest BCUT2D eigenvalue weighted by Gasteiger charge is -2.08. The summed E-state index contributed by atoms with van der Waals surface area (Å²) in [5.74, 6) is 0.904. The van der Waals surface area contributed by atoms with Gasteiger partial charge in [0.15, 0.2) is 0 Å². The van der Waals surface area contributed by atoms with Crippen LogP contribution in [0.15, 0.2) is 18.2 Å². The lowest BCUT2D eigenvalue weighted by molar-refractivity contribution is 0.185. The number of benzene rings is 1. The van der Waals surface area contributed by atoms with E-state index in [-0.39, 0.29) is 0 Å². The molecule has 4 heteroatoms. The van der Waals surface area contributed by atoms with Gasteiger partial charge in [-0.2, -0.15) is 0 Å². The molecule has 0 aliphatic rings. The maximum atomic E-state index is 5.35. The summed E-state index contributed by atoms with van der Waals surface area (Å²) in [7, 11) is 3.44. The van der Waals surface area contributed by atoms with Crippen molar-refractivity contribution in [2.45, 2.75) is 33.0 Å². The van der Waals surface area contributed by atoms with Crippen molar-refractivity contribution in [2.24, 2.45) is 0 Å². The Hall–Kier alpha value is -1.10. The summed E-state index contributed by atoms with van der Waals surface area (Å²) < 4.78 is 11.9. The predicted molar refractivity (Wildman–Crippen MR) is 81.1 cm³/mol. The molecule has 0 saturated carbocycles. The van der Waals surface area contributed by atoms with Crippen molar-refractivity contribution < 1.29 is 9.47 Å². The van der Waals surface area contributed by atoms with Crippen molar-refractivity contribution in [1.29, 1.82) is 0 Å². The standard InChI is InChI=1S/C15H21NO2S/c1-10(2)16-8-15-13(9-17-3)12-6-5-11(18-4)7-14(12)19-15/h5-7,10,16H,8-9H2,1-4H3. The molecule has 1 N–H and O–H groups in total. The first kappa shape index (κ1) is 14.3. The molecule has 0 spiro atoms. The molecule has 2 rings (SSSR count). The Labute approximate surface area is 118 Å². The number of hydrogen-bond donors (Lipinski definition) is 1. The zero-order chi connectivity index (χ0) is 13.8. The topological polar surface area (TPSA) is 30.5 Å². The molecule has 0 saturated heterocycles. The van der Waals surface area contributed by atoms with Crippen LogP contribution < -0.4 is 10.1 Å². The van der Waals surface area contributed by atoms with Crippen molar-refractivity contribution in [2.75, 3.05) is 14.2 Å². The van der Waals surface area contributed by atoms with Gasteiger partial charge in [0, 0.05) is 34.8 Å². The summed E-state index contributed by atoms with van der Waals surface area (Å²) >= 11 is 1.81. The van der Waals surface area contributed by atoms with E-state index in [1.807, 2.05) is 17.4 Å². The van der Waals surface area contributed by atoms with E-state index in [9.17, 15) is 0 Å². The van der Waals surface area contributed by atoms with Gasteiger partial charge in [-0.05, 0) is 23.6 Å². The maximum absolute atomic E-state index is 5.35. The summed E-state index contributed by atoms with van der Waals surface area (Å²) in [5.41, 5.74) is 1.29. The van der Waals surface area contributed by atoms with Gasteiger partial charge in [-0.15, -0.1) is 11.3 Å². The summed E-state index contributed by atoms with van der Waals surface area (Å²) in [6.45, 7) is 5.86. The zero-order valence-electron chi connectivity index (χ0n) is 11.9. The second-order valence-electron chi connectivity index (χ2n) is 4.83. The highest BCUT2D eigenvalue weighted by atomic mass is 32.1. The average Bonchev–Trinajstić information content (AvgIpc) is 2.74. The molecule has 19 heavy (non-hydrogen) atoms. The first-order chi connectivity index (χ1) is 9.15. The fourth-order valence-electron chi connectivity index (χ4n) is 2.05. The van der Waals surface area contributed by atoms with Gasteiger partial charge in [0.2, 0.25) is 0 Å². The summed E-state index contributed by atoms with van der Waals surface area (Å²) in [6, 6.07) is 6.71. The summed E-state index contributed by atoms with van der Waals surface area (Å²) in [4.78, 5) is 1.35. The van der Waals surface area contributed by atoms with Crippen molar-refractivity contribution in [3.05, 3.63) is 28.6 Å². The lowest BCUT2D eigenvalue weighted by Crippen LogP contribution is -2.21. The van der Waals surface area contributed by atoms with Gasteiger partial charge in [0.25, 0.3) is 0 Å². The van der Waals surface area contributed by atoms with E-state index in [0.29, 0.717) is 12.6 Å². The van der Waals surface area contributed by atoms with Crippen molar-refractivity contribution >= 4 is 21.4 Å². The van der Waals surface area contributed by atoms with Crippen LogP contribution in [-0.2, 0) is 17.9 Å². The van der Waals surface area contributed by atoms with Gasteiger partial charge in [-0.1, -0.05) is 13.8 Å². The van der Waals surface area contributed by atoms with Crippen LogP contribution in [0, 0.1) is 0 Å². The van der Waals surface area contributed by atoms with E-state index >= 15 is 0 Å². The van der Waals surface area contributed by atoms with Gasteiger partial charge >= 0.3 is 0 Å². The summed E-state index contributed by atoms with van der Waals surface area (Å²) in [6.07, 6.45) is 0. The minimum atomic E-state index is 0.482. The van der Waals surface area contributed by atoms with Crippen LogP contribution in [0.2, 0.25) is 0 Å².